The number of halogens is 1. The van der Waals surface area contributed by atoms with Gasteiger partial charge in [0.1, 0.15) is 0 Å². The zero-order valence-corrected chi connectivity index (χ0v) is 12.6. The van der Waals surface area contributed by atoms with E-state index in [9.17, 15) is 4.79 Å². The van der Waals surface area contributed by atoms with Crippen LogP contribution in [0.25, 0.3) is 5.52 Å². The van der Waals surface area contributed by atoms with Crippen LogP contribution in [0.5, 0.6) is 0 Å². The number of pyridine rings is 1. The van der Waals surface area contributed by atoms with Crippen molar-refractivity contribution in [2.75, 3.05) is 19.6 Å². The van der Waals surface area contributed by atoms with Crippen LogP contribution in [0.15, 0.2) is 35.1 Å². The third-order valence-corrected chi connectivity index (χ3v) is 5.16. The molecule has 2 saturated heterocycles. The number of hydrogen-bond acceptors (Lipinski definition) is 2. The third kappa shape index (κ3) is 1.96. The summed E-state index contributed by atoms with van der Waals surface area (Å²) in [5, 5.41) is 3.20. The first-order valence-electron chi connectivity index (χ1n) is 7.00. The monoisotopic (exact) mass is 333 g/mol. The number of carbonyl (C=O) groups excluding carboxylic acids is 1. The molecule has 2 aromatic heterocycles. The molecule has 4 heterocycles. The molecule has 0 aromatic carbocycles. The Labute approximate surface area is 125 Å². The lowest BCUT2D eigenvalue weighted by molar-refractivity contribution is 0.0924. The van der Waals surface area contributed by atoms with Crippen LogP contribution in [0.3, 0.4) is 0 Å². The lowest BCUT2D eigenvalue weighted by atomic mass is 10.00. The molecule has 4 nitrogen and oxygen atoms in total. The number of carbonyl (C=O) groups is 1. The minimum atomic E-state index is 0.0450. The van der Waals surface area contributed by atoms with Crippen molar-refractivity contribution in [3.05, 3.63) is 40.6 Å². The predicted molar refractivity (Wildman–Crippen MR) is 80.9 cm³/mol. The van der Waals surface area contributed by atoms with Crippen molar-refractivity contribution in [1.29, 1.82) is 0 Å². The van der Waals surface area contributed by atoms with E-state index in [2.05, 4.69) is 26.1 Å². The van der Waals surface area contributed by atoms with Crippen molar-refractivity contribution in [2.24, 2.45) is 5.92 Å². The van der Waals surface area contributed by atoms with E-state index in [0.717, 1.165) is 28.8 Å². The standard InChI is InChI=1S/C15H16BrN3O/c16-14-2-1-12-7-10(4-6-19(12)14)15(20)17-13-9-18-5-3-11(13)8-18/h1-2,4,6-7,11,13H,3,5,8-9H2,(H,17,20)/t11-,13?/m0/s1. The summed E-state index contributed by atoms with van der Waals surface area (Å²) in [5.41, 5.74) is 1.77. The van der Waals surface area contributed by atoms with Crippen molar-refractivity contribution in [2.45, 2.75) is 12.5 Å². The number of aromatic nitrogens is 1. The van der Waals surface area contributed by atoms with Gasteiger partial charge in [0.15, 0.2) is 0 Å². The fourth-order valence-electron chi connectivity index (χ4n) is 3.42. The molecule has 2 bridgehead atoms. The van der Waals surface area contributed by atoms with Crippen molar-refractivity contribution >= 4 is 27.4 Å². The van der Waals surface area contributed by atoms with Gasteiger partial charge in [-0.2, -0.15) is 0 Å². The Morgan fingerprint density at radius 2 is 2.20 bits per heavy atom. The summed E-state index contributed by atoms with van der Waals surface area (Å²) < 4.78 is 3.01. The molecule has 1 amide bonds. The van der Waals surface area contributed by atoms with Gasteiger partial charge in [0.25, 0.3) is 5.91 Å². The number of fused-ring (bicyclic) bond motifs is 3. The highest BCUT2D eigenvalue weighted by atomic mass is 79.9. The summed E-state index contributed by atoms with van der Waals surface area (Å²) in [5.74, 6) is 0.689. The Morgan fingerprint density at radius 3 is 2.95 bits per heavy atom. The summed E-state index contributed by atoms with van der Waals surface area (Å²) in [6, 6.07) is 8.13. The van der Waals surface area contributed by atoms with E-state index < -0.39 is 0 Å². The number of piperidine rings is 1. The van der Waals surface area contributed by atoms with Crippen LogP contribution in [0, 0.1) is 5.92 Å². The minimum absolute atomic E-state index is 0.0450. The van der Waals surface area contributed by atoms with Gasteiger partial charge < -0.3 is 14.6 Å². The van der Waals surface area contributed by atoms with Crippen molar-refractivity contribution < 1.29 is 4.79 Å². The molecule has 20 heavy (non-hydrogen) atoms. The molecule has 2 fully saturated rings. The van der Waals surface area contributed by atoms with Gasteiger partial charge in [0, 0.05) is 36.4 Å². The molecule has 3 atom stereocenters. The zero-order chi connectivity index (χ0) is 13.7. The molecule has 0 saturated carbocycles. The number of rotatable bonds is 2. The average Bonchev–Trinajstić information content (AvgIpc) is 3.14. The van der Waals surface area contributed by atoms with Gasteiger partial charge in [0.2, 0.25) is 0 Å². The zero-order valence-electron chi connectivity index (χ0n) is 11.1. The maximum Gasteiger partial charge on any atom is 0.251 e. The fourth-order valence-corrected chi connectivity index (χ4v) is 3.87. The first-order valence-corrected chi connectivity index (χ1v) is 7.80. The van der Waals surface area contributed by atoms with Gasteiger partial charge in [-0.1, -0.05) is 0 Å². The van der Waals surface area contributed by atoms with Crippen molar-refractivity contribution in [3.8, 4) is 0 Å². The Balaban J connectivity index is 1.54. The van der Waals surface area contributed by atoms with Crippen molar-refractivity contribution in [3.63, 3.8) is 0 Å². The van der Waals surface area contributed by atoms with E-state index in [-0.39, 0.29) is 5.91 Å². The number of hydrogen-bond donors (Lipinski definition) is 1. The summed E-state index contributed by atoms with van der Waals surface area (Å²) in [7, 11) is 0. The van der Waals surface area contributed by atoms with Crippen LogP contribution in [-0.2, 0) is 0 Å². The maximum atomic E-state index is 12.4. The molecule has 5 heteroatoms. The molecule has 0 aliphatic carbocycles. The quantitative estimate of drug-likeness (QED) is 0.914. The van der Waals surface area contributed by atoms with E-state index in [1.165, 1.54) is 13.0 Å². The Hall–Kier alpha value is -1.33. The Kier molecular flexibility index (Phi) is 2.86. The predicted octanol–water partition coefficient (Wildman–Crippen LogP) is 2.14. The van der Waals surface area contributed by atoms with E-state index >= 15 is 0 Å². The van der Waals surface area contributed by atoms with E-state index in [4.69, 9.17) is 0 Å². The smallest absolute Gasteiger partial charge is 0.251 e. The first kappa shape index (κ1) is 12.4. The highest BCUT2D eigenvalue weighted by molar-refractivity contribution is 9.10. The molecule has 104 valence electrons. The van der Waals surface area contributed by atoms with Crippen LogP contribution in [0.4, 0.5) is 0 Å². The summed E-state index contributed by atoms with van der Waals surface area (Å²) >= 11 is 3.48. The van der Waals surface area contributed by atoms with Crippen LogP contribution >= 0.6 is 15.9 Å². The summed E-state index contributed by atoms with van der Waals surface area (Å²) in [6.45, 7) is 3.35. The molecule has 2 aliphatic heterocycles. The van der Waals surface area contributed by atoms with Gasteiger partial charge in [-0.3, -0.25) is 4.79 Å². The first-order chi connectivity index (χ1) is 9.70. The normalized spacial score (nSPS) is 28.1. The molecule has 4 rings (SSSR count). The topological polar surface area (TPSA) is 36.8 Å². The van der Waals surface area contributed by atoms with Crippen LogP contribution in [0.2, 0.25) is 0 Å². The Bertz CT molecular complexity index is 681. The van der Waals surface area contributed by atoms with Crippen LogP contribution < -0.4 is 5.32 Å². The van der Waals surface area contributed by atoms with Gasteiger partial charge in [0.05, 0.1) is 4.60 Å². The average molecular weight is 334 g/mol. The fraction of sp³-hybridized carbons (Fsp3) is 0.400. The second-order valence-corrected chi connectivity index (χ2v) is 6.57. The largest absolute Gasteiger partial charge is 0.348 e. The van der Waals surface area contributed by atoms with Crippen molar-refractivity contribution in [1.82, 2.24) is 14.6 Å². The van der Waals surface area contributed by atoms with E-state index in [1.54, 1.807) is 0 Å². The lowest BCUT2D eigenvalue weighted by Crippen LogP contribution is -2.43. The summed E-state index contributed by atoms with van der Waals surface area (Å²) in [4.78, 5) is 14.8. The van der Waals surface area contributed by atoms with Gasteiger partial charge in [-0.05, 0) is 59.1 Å². The SMILES string of the molecule is O=C(NC1CN2CC[C@H]1C2)c1ccn2c(Br)ccc2c1. The van der Waals surface area contributed by atoms with E-state index in [0.29, 0.717) is 12.0 Å². The number of amides is 1. The van der Waals surface area contributed by atoms with Gasteiger partial charge in [-0.25, -0.2) is 0 Å². The molecule has 0 spiro atoms. The highest BCUT2D eigenvalue weighted by Crippen LogP contribution is 2.28. The molecule has 0 radical (unpaired) electrons. The third-order valence-electron chi connectivity index (χ3n) is 4.52. The lowest BCUT2D eigenvalue weighted by Gasteiger charge is -2.23. The molecule has 2 unspecified atom stereocenters. The second-order valence-electron chi connectivity index (χ2n) is 5.75. The second kappa shape index (κ2) is 4.60. The Morgan fingerprint density at radius 1 is 1.30 bits per heavy atom. The molecule has 1 N–H and O–H groups in total. The van der Waals surface area contributed by atoms with Crippen LogP contribution in [-0.4, -0.2) is 40.9 Å². The molecule has 2 aromatic rings. The van der Waals surface area contributed by atoms with Gasteiger partial charge >= 0.3 is 0 Å². The highest BCUT2D eigenvalue weighted by Gasteiger charge is 2.38. The maximum absolute atomic E-state index is 12.4. The molecular weight excluding hydrogens is 318 g/mol. The molecule has 2 aliphatic rings. The minimum Gasteiger partial charge on any atom is -0.348 e. The van der Waals surface area contributed by atoms with Crippen LogP contribution in [0.1, 0.15) is 16.8 Å². The molecular formula is C15H16BrN3O. The van der Waals surface area contributed by atoms with E-state index in [1.807, 2.05) is 34.9 Å². The summed E-state index contributed by atoms with van der Waals surface area (Å²) in [6.07, 6.45) is 3.15. The number of nitrogens with zero attached hydrogens (tertiary/aromatic N) is 2. The number of nitrogens with one attached hydrogen (secondary N) is 1. The van der Waals surface area contributed by atoms with Gasteiger partial charge in [-0.15, -0.1) is 0 Å².